The number of rotatable bonds is 6. The van der Waals surface area contributed by atoms with E-state index in [1.54, 1.807) is 18.3 Å². The molecule has 0 bridgehead atoms. The number of amides is 1. The van der Waals surface area contributed by atoms with Crippen molar-refractivity contribution in [1.82, 2.24) is 5.32 Å². The van der Waals surface area contributed by atoms with Crippen molar-refractivity contribution in [2.45, 2.75) is 19.0 Å². The van der Waals surface area contributed by atoms with Gasteiger partial charge in [0.25, 0.3) is 0 Å². The summed E-state index contributed by atoms with van der Waals surface area (Å²) in [6, 6.07) is 14.3. The first kappa shape index (κ1) is 19.1. The summed E-state index contributed by atoms with van der Waals surface area (Å²) in [7, 11) is 0. The molecule has 2 N–H and O–H groups in total. The highest BCUT2D eigenvalue weighted by Gasteiger charge is 2.23. The van der Waals surface area contributed by atoms with Crippen LogP contribution in [0, 0.1) is 17.5 Å². The lowest BCUT2D eigenvalue weighted by atomic mass is 10.0. The molecule has 1 aromatic heterocycles. The molecule has 0 aliphatic heterocycles. The van der Waals surface area contributed by atoms with E-state index < -0.39 is 35.1 Å². The molecular formula is C20H17F3N2OS. The maximum absolute atomic E-state index is 13.8. The molecule has 0 spiro atoms. The van der Waals surface area contributed by atoms with E-state index in [1.165, 1.54) is 0 Å². The Labute approximate surface area is 158 Å². The van der Waals surface area contributed by atoms with Gasteiger partial charge in [-0.2, -0.15) is 0 Å². The first-order valence-electron chi connectivity index (χ1n) is 8.26. The van der Waals surface area contributed by atoms with Gasteiger partial charge in [0.1, 0.15) is 0 Å². The van der Waals surface area contributed by atoms with Gasteiger partial charge in [-0.05, 0) is 36.1 Å². The van der Waals surface area contributed by atoms with Crippen molar-refractivity contribution in [3.05, 3.63) is 87.9 Å². The summed E-state index contributed by atoms with van der Waals surface area (Å²) in [5.74, 6) is -4.90. The minimum atomic E-state index is -1.62. The minimum absolute atomic E-state index is 0.234. The van der Waals surface area contributed by atoms with Crippen molar-refractivity contribution in [2.24, 2.45) is 0 Å². The molecule has 0 radical (unpaired) electrons. The Morgan fingerprint density at radius 2 is 1.70 bits per heavy atom. The maximum Gasteiger partial charge on any atom is 0.241 e. The van der Waals surface area contributed by atoms with Crippen LogP contribution in [0.15, 0.2) is 60.0 Å². The maximum atomic E-state index is 13.8. The number of anilines is 1. The zero-order valence-electron chi connectivity index (χ0n) is 14.4. The molecule has 3 rings (SSSR count). The third-order valence-corrected chi connectivity index (χ3v) is 5.00. The summed E-state index contributed by atoms with van der Waals surface area (Å²) in [6.07, 6.45) is 0. The van der Waals surface area contributed by atoms with Crippen LogP contribution in [0.2, 0.25) is 0 Å². The first-order chi connectivity index (χ1) is 13.0. The molecule has 0 unspecified atom stereocenters. The fourth-order valence-electron chi connectivity index (χ4n) is 2.63. The molecular weight excluding hydrogens is 373 g/mol. The largest absolute Gasteiger partial charge is 0.322 e. The third kappa shape index (κ3) is 4.37. The van der Waals surface area contributed by atoms with E-state index in [1.807, 2.05) is 47.8 Å². The molecule has 0 fully saturated rings. The van der Waals surface area contributed by atoms with Crippen molar-refractivity contribution < 1.29 is 18.0 Å². The second-order valence-corrected chi connectivity index (χ2v) is 6.94. The number of carbonyl (C=O) groups excluding carboxylic acids is 1. The standard InChI is InChI=1S/C20H17F3N2OS/c1-12(20(26)25-15-10-9-14(21)17(22)18(15)23)24-19(16-8-5-11-27-16)13-6-3-2-4-7-13/h2-12,19,24H,1H3,(H,25,26)/t12-,19+/m1/s1. The molecule has 2 aromatic carbocycles. The highest BCUT2D eigenvalue weighted by atomic mass is 32.1. The molecule has 3 aromatic rings. The quantitative estimate of drug-likeness (QED) is 0.590. The Hall–Kier alpha value is -2.64. The predicted molar refractivity (Wildman–Crippen MR) is 100 cm³/mol. The Morgan fingerprint density at radius 3 is 2.37 bits per heavy atom. The molecule has 0 saturated carbocycles. The van der Waals surface area contributed by atoms with Crippen molar-refractivity contribution in [1.29, 1.82) is 0 Å². The van der Waals surface area contributed by atoms with E-state index in [0.717, 1.165) is 22.6 Å². The summed E-state index contributed by atoms with van der Waals surface area (Å²) in [6.45, 7) is 1.62. The van der Waals surface area contributed by atoms with Crippen molar-refractivity contribution >= 4 is 22.9 Å². The van der Waals surface area contributed by atoms with Crippen LogP contribution >= 0.6 is 11.3 Å². The average Bonchev–Trinajstić information content (AvgIpc) is 3.21. The van der Waals surface area contributed by atoms with Gasteiger partial charge in [0.2, 0.25) is 5.91 Å². The second kappa shape index (κ2) is 8.37. The van der Waals surface area contributed by atoms with Crippen LogP contribution in [0.3, 0.4) is 0 Å². The molecule has 1 amide bonds. The van der Waals surface area contributed by atoms with Crippen LogP contribution in [0.25, 0.3) is 0 Å². The van der Waals surface area contributed by atoms with Gasteiger partial charge < -0.3 is 5.32 Å². The van der Waals surface area contributed by atoms with E-state index >= 15 is 0 Å². The molecule has 3 nitrogen and oxygen atoms in total. The van der Waals surface area contributed by atoms with E-state index in [-0.39, 0.29) is 6.04 Å². The lowest BCUT2D eigenvalue weighted by Crippen LogP contribution is -2.40. The van der Waals surface area contributed by atoms with Crippen molar-refractivity contribution in [3.8, 4) is 0 Å². The average molecular weight is 390 g/mol. The summed E-state index contributed by atoms with van der Waals surface area (Å²) < 4.78 is 40.2. The lowest BCUT2D eigenvalue weighted by molar-refractivity contribution is -0.117. The van der Waals surface area contributed by atoms with Crippen LogP contribution in [-0.2, 0) is 4.79 Å². The van der Waals surface area contributed by atoms with Crippen LogP contribution in [-0.4, -0.2) is 11.9 Å². The molecule has 1 heterocycles. The van der Waals surface area contributed by atoms with Crippen LogP contribution in [0.5, 0.6) is 0 Å². The van der Waals surface area contributed by atoms with Gasteiger partial charge in [0.05, 0.1) is 17.8 Å². The molecule has 140 valence electrons. The number of benzene rings is 2. The summed E-state index contributed by atoms with van der Waals surface area (Å²) in [5, 5.41) is 7.45. The molecule has 27 heavy (non-hydrogen) atoms. The number of halogens is 3. The fourth-order valence-corrected chi connectivity index (χ4v) is 3.44. The Bertz CT molecular complexity index is 916. The van der Waals surface area contributed by atoms with Gasteiger partial charge in [-0.15, -0.1) is 11.3 Å². The van der Waals surface area contributed by atoms with Gasteiger partial charge in [0.15, 0.2) is 17.5 Å². The smallest absolute Gasteiger partial charge is 0.241 e. The number of carbonyl (C=O) groups is 1. The second-order valence-electron chi connectivity index (χ2n) is 5.96. The molecule has 0 aliphatic carbocycles. The summed E-state index contributed by atoms with van der Waals surface area (Å²) in [5.41, 5.74) is 0.568. The predicted octanol–water partition coefficient (Wildman–Crippen LogP) is 4.87. The highest BCUT2D eigenvalue weighted by molar-refractivity contribution is 7.10. The van der Waals surface area contributed by atoms with E-state index in [9.17, 15) is 18.0 Å². The molecule has 2 atom stereocenters. The molecule has 0 aliphatic rings. The van der Waals surface area contributed by atoms with Crippen LogP contribution < -0.4 is 10.6 Å². The van der Waals surface area contributed by atoms with Gasteiger partial charge in [-0.1, -0.05) is 36.4 Å². The topological polar surface area (TPSA) is 41.1 Å². The van der Waals surface area contributed by atoms with Gasteiger partial charge in [-0.25, -0.2) is 13.2 Å². The minimum Gasteiger partial charge on any atom is -0.322 e. The van der Waals surface area contributed by atoms with Crippen LogP contribution in [0.4, 0.5) is 18.9 Å². The monoisotopic (exact) mass is 390 g/mol. The Kier molecular flexibility index (Phi) is 5.93. The number of thiophene rings is 1. The zero-order chi connectivity index (χ0) is 19.4. The fraction of sp³-hybridized carbons (Fsp3) is 0.150. The first-order valence-corrected chi connectivity index (χ1v) is 9.14. The van der Waals surface area contributed by atoms with Crippen molar-refractivity contribution in [3.63, 3.8) is 0 Å². The highest BCUT2D eigenvalue weighted by Crippen LogP contribution is 2.27. The summed E-state index contributed by atoms with van der Waals surface area (Å²) in [4.78, 5) is 13.5. The zero-order valence-corrected chi connectivity index (χ0v) is 15.2. The van der Waals surface area contributed by atoms with Gasteiger partial charge in [0, 0.05) is 4.88 Å². The SMILES string of the molecule is C[C@@H](N[C@@H](c1ccccc1)c1cccs1)C(=O)Nc1ccc(F)c(F)c1F. The van der Waals surface area contributed by atoms with Gasteiger partial charge >= 0.3 is 0 Å². The van der Waals surface area contributed by atoms with Gasteiger partial charge in [-0.3, -0.25) is 10.1 Å². The Balaban J connectivity index is 1.77. The summed E-state index contributed by atoms with van der Waals surface area (Å²) >= 11 is 1.54. The number of hydrogen-bond acceptors (Lipinski definition) is 3. The van der Waals surface area contributed by atoms with E-state index in [4.69, 9.17) is 0 Å². The molecule has 0 saturated heterocycles. The number of nitrogens with one attached hydrogen (secondary N) is 2. The normalized spacial score (nSPS) is 13.2. The third-order valence-electron chi connectivity index (χ3n) is 4.06. The Morgan fingerprint density at radius 1 is 0.963 bits per heavy atom. The number of hydrogen-bond donors (Lipinski definition) is 2. The van der Waals surface area contributed by atoms with Crippen LogP contribution in [0.1, 0.15) is 23.4 Å². The van der Waals surface area contributed by atoms with Crippen molar-refractivity contribution in [2.75, 3.05) is 5.32 Å². The van der Waals surface area contributed by atoms with E-state index in [0.29, 0.717) is 0 Å². The lowest BCUT2D eigenvalue weighted by Gasteiger charge is -2.23. The molecule has 7 heteroatoms. The van der Waals surface area contributed by atoms with E-state index in [2.05, 4.69) is 10.6 Å².